The maximum absolute atomic E-state index is 13.0. The molecule has 2 unspecified atom stereocenters. The number of aromatic nitrogens is 1. The zero-order chi connectivity index (χ0) is 17.1. The van der Waals surface area contributed by atoms with Crippen LogP contribution in [-0.4, -0.2) is 27.9 Å². The number of imide groups is 1. The van der Waals surface area contributed by atoms with Crippen LogP contribution >= 0.6 is 0 Å². The van der Waals surface area contributed by atoms with E-state index in [1.54, 1.807) is 17.0 Å². The Morgan fingerprint density at radius 2 is 1.72 bits per heavy atom. The van der Waals surface area contributed by atoms with Gasteiger partial charge in [0.25, 0.3) is 5.91 Å². The maximum Gasteiger partial charge on any atom is 0.332 e. The van der Waals surface area contributed by atoms with Crippen LogP contribution < -0.4 is 4.90 Å². The molecule has 1 N–H and O–H groups in total. The van der Waals surface area contributed by atoms with Gasteiger partial charge in [0.05, 0.1) is 11.7 Å². The van der Waals surface area contributed by atoms with Crippen LogP contribution in [-0.2, 0) is 11.2 Å². The standard InChI is InChI=1S/C20H17N3O2/c1-12-18-15(14-9-5-6-10-16(14)21-18)11-17-19(24)23(20(25)22(12)17)13-7-3-2-4-8-13/h2-10,12,17,21H,11H2,1H3. The number of amides is 3. The van der Waals surface area contributed by atoms with Crippen molar-refractivity contribution in [2.45, 2.75) is 25.4 Å². The second-order valence-electron chi connectivity index (χ2n) is 6.66. The molecule has 0 aliphatic carbocycles. The van der Waals surface area contributed by atoms with Crippen molar-refractivity contribution in [3.05, 3.63) is 65.9 Å². The molecular formula is C20H17N3O2. The number of hydrogen-bond donors (Lipinski definition) is 1. The van der Waals surface area contributed by atoms with Gasteiger partial charge in [0.15, 0.2) is 0 Å². The summed E-state index contributed by atoms with van der Waals surface area (Å²) in [6, 6.07) is 16.4. The maximum atomic E-state index is 13.0. The summed E-state index contributed by atoms with van der Waals surface area (Å²) in [4.78, 5) is 32.5. The van der Waals surface area contributed by atoms with Crippen LogP contribution in [0.4, 0.5) is 10.5 Å². The quantitative estimate of drug-likeness (QED) is 0.692. The molecule has 2 atom stereocenters. The van der Waals surface area contributed by atoms with E-state index in [4.69, 9.17) is 0 Å². The molecule has 3 aromatic rings. The number of aromatic amines is 1. The molecule has 2 aromatic carbocycles. The molecule has 0 spiro atoms. The predicted octanol–water partition coefficient (Wildman–Crippen LogP) is 3.62. The van der Waals surface area contributed by atoms with Crippen LogP contribution in [0.25, 0.3) is 10.9 Å². The fourth-order valence-corrected chi connectivity index (χ4v) is 4.18. The lowest BCUT2D eigenvalue weighted by Crippen LogP contribution is -2.42. The van der Waals surface area contributed by atoms with E-state index in [-0.39, 0.29) is 18.0 Å². The molecule has 2 aliphatic heterocycles. The van der Waals surface area contributed by atoms with Crippen LogP contribution in [0.2, 0.25) is 0 Å². The van der Waals surface area contributed by atoms with Crippen LogP contribution in [0.5, 0.6) is 0 Å². The smallest absolute Gasteiger partial charge is 0.332 e. The number of nitrogens with one attached hydrogen (secondary N) is 1. The van der Waals surface area contributed by atoms with Gasteiger partial charge >= 0.3 is 6.03 Å². The Bertz CT molecular complexity index is 1010. The number of para-hydroxylation sites is 2. The number of carbonyl (C=O) groups excluding carboxylic acids is 2. The zero-order valence-corrected chi connectivity index (χ0v) is 13.8. The molecule has 1 fully saturated rings. The van der Waals surface area contributed by atoms with Crippen molar-refractivity contribution in [2.75, 3.05) is 4.90 Å². The first kappa shape index (κ1) is 14.3. The highest BCUT2D eigenvalue weighted by Crippen LogP contribution is 2.41. The minimum absolute atomic E-state index is 0.140. The summed E-state index contributed by atoms with van der Waals surface area (Å²) < 4.78 is 0. The van der Waals surface area contributed by atoms with E-state index in [9.17, 15) is 9.59 Å². The molecule has 3 heterocycles. The Labute approximate surface area is 144 Å². The van der Waals surface area contributed by atoms with Gasteiger partial charge in [-0.3, -0.25) is 4.79 Å². The summed E-state index contributed by atoms with van der Waals surface area (Å²) in [6.07, 6.45) is 0.553. The van der Waals surface area contributed by atoms with E-state index in [2.05, 4.69) is 11.1 Å². The van der Waals surface area contributed by atoms with Crippen molar-refractivity contribution in [3.63, 3.8) is 0 Å². The Kier molecular flexibility index (Phi) is 2.83. The fourth-order valence-electron chi connectivity index (χ4n) is 4.18. The topological polar surface area (TPSA) is 56.4 Å². The Morgan fingerprint density at radius 1 is 1.00 bits per heavy atom. The first-order valence-electron chi connectivity index (χ1n) is 8.47. The van der Waals surface area contributed by atoms with Gasteiger partial charge in [0.2, 0.25) is 0 Å². The number of benzene rings is 2. The van der Waals surface area contributed by atoms with Gasteiger partial charge in [0.1, 0.15) is 6.04 Å². The van der Waals surface area contributed by atoms with Crippen molar-refractivity contribution in [3.8, 4) is 0 Å². The number of nitrogens with zero attached hydrogens (tertiary/aromatic N) is 2. The summed E-state index contributed by atoms with van der Waals surface area (Å²) in [5.74, 6) is -0.140. The summed E-state index contributed by atoms with van der Waals surface area (Å²) >= 11 is 0. The van der Waals surface area contributed by atoms with Gasteiger partial charge in [-0.05, 0) is 30.7 Å². The first-order chi connectivity index (χ1) is 12.2. The second-order valence-corrected chi connectivity index (χ2v) is 6.66. The third-order valence-corrected chi connectivity index (χ3v) is 5.35. The van der Waals surface area contributed by atoms with E-state index in [1.807, 2.05) is 43.3 Å². The normalized spacial score (nSPS) is 22.4. The summed E-state index contributed by atoms with van der Waals surface area (Å²) in [6.45, 7) is 1.99. The third kappa shape index (κ3) is 1.83. The molecular weight excluding hydrogens is 314 g/mol. The van der Waals surface area contributed by atoms with Gasteiger partial charge in [-0.25, -0.2) is 9.69 Å². The van der Waals surface area contributed by atoms with Crippen molar-refractivity contribution in [1.29, 1.82) is 0 Å². The average Bonchev–Trinajstić information content (AvgIpc) is 3.13. The van der Waals surface area contributed by atoms with Crippen molar-refractivity contribution in [1.82, 2.24) is 9.88 Å². The van der Waals surface area contributed by atoms with E-state index in [0.29, 0.717) is 12.1 Å². The number of carbonyl (C=O) groups is 2. The molecule has 1 saturated heterocycles. The largest absolute Gasteiger partial charge is 0.356 e. The monoisotopic (exact) mass is 331 g/mol. The van der Waals surface area contributed by atoms with Gasteiger partial charge in [0, 0.05) is 23.0 Å². The summed E-state index contributed by atoms with van der Waals surface area (Å²) in [7, 11) is 0. The van der Waals surface area contributed by atoms with Crippen LogP contribution in [0.15, 0.2) is 54.6 Å². The van der Waals surface area contributed by atoms with Gasteiger partial charge in [-0.1, -0.05) is 36.4 Å². The second kappa shape index (κ2) is 4.96. The predicted molar refractivity (Wildman–Crippen MR) is 95.4 cm³/mol. The molecule has 124 valence electrons. The molecule has 3 amide bonds. The Hall–Kier alpha value is -3.08. The number of H-pyrrole nitrogens is 1. The zero-order valence-electron chi connectivity index (χ0n) is 13.8. The number of urea groups is 1. The van der Waals surface area contributed by atoms with E-state index in [0.717, 1.165) is 22.2 Å². The molecule has 5 nitrogen and oxygen atoms in total. The highest BCUT2D eigenvalue weighted by Gasteiger charge is 2.51. The molecule has 1 aromatic heterocycles. The Balaban J connectivity index is 1.62. The highest BCUT2D eigenvalue weighted by atomic mass is 16.2. The summed E-state index contributed by atoms with van der Waals surface area (Å²) in [5.41, 5.74) is 3.88. The first-order valence-corrected chi connectivity index (χ1v) is 8.47. The number of rotatable bonds is 1. The molecule has 25 heavy (non-hydrogen) atoms. The molecule has 0 radical (unpaired) electrons. The number of hydrogen-bond acceptors (Lipinski definition) is 2. The van der Waals surface area contributed by atoms with Crippen molar-refractivity contribution < 1.29 is 9.59 Å². The van der Waals surface area contributed by atoms with Crippen LogP contribution in [0, 0.1) is 0 Å². The minimum Gasteiger partial charge on any atom is -0.356 e. The molecule has 5 rings (SSSR count). The van der Waals surface area contributed by atoms with E-state index >= 15 is 0 Å². The fraction of sp³-hybridized carbons (Fsp3) is 0.200. The van der Waals surface area contributed by atoms with Gasteiger partial charge in [-0.2, -0.15) is 0 Å². The lowest BCUT2D eigenvalue weighted by atomic mass is 9.93. The van der Waals surface area contributed by atoms with E-state index in [1.165, 1.54) is 4.90 Å². The lowest BCUT2D eigenvalue weighted by molar-refractivity contribution is -0.120. The number of anilines is 1. The molecule has 5 heteroatoms. The van der Waals surface area contributed by atoms with Gasteiger partial charge in [-0.15, -0.1) is 0 Å². The minimum atomic E-state index is -0.436. The van der Waals surface area contributed by atoms with Crippen molar-refractivity contribution >= 4 is 28.5 Å². The highest BCUT2D eigenvalue weighted by molar-refractivity contribution is 6.21. The van der Waals surface area contributed by atoms with E-state index < -0.39 is 6.04 Å². The third-order valence-electron chi connectivity index (χ3n) is 5.35. The molecule has 2 aliphatic rings. The Morgan fingerprint density at radius 3 is 2.52 bits per heavy atom. The van der Waals surface area contributed by atoms with Crippen molar-refractivity contribution in [2.24, 2.45) is 0 Å². The van der Waals surface area contributed by atoms with Crippen LogP contribution in [0.1, 0.15) is 24.2 Å². The number of fused-ring (bicyclic) bond motifs is 4. The molecule has 0 bridgehead atoms. The molecule has 0 saturated carbocycles. The van der Waals surface area contributed by atoms with Gasteiger partial charge < -0.3 is 9.88 Å². The SMILES string of the molecule is CC1c2[nH]c3ccccc3c2CC2C(=O)N(c3ccccc3)C(=O)N21. The summed E-state index contributed by atoms with van der Waals surface area (Å²) in [5, 5.41) is 1.14. The average molecular weight is 331 g/mol. The van der Waals surface area contributed by atoms with Crippen LogP contribution in [0.3, 0.4) is 0 Å². The lowest BCUT2D eigenvalue weighted by Gasteiger charge is -2.33.